The summed E-state index contributed by atoms with van der Waals surface area (Å²) in [6.45, 7) is 1.58. The van der Waals surface area contributed by atoms with E-state index < -0.39 is 0 Å². The van der Waals surface area contributed by atoms with Crippen LogP contribution in [0.3, 0.4) is 0 Å². The van der Waals surface area contributed by atoms with Crippen molar-refractivity contribution in [2.45, 2.75) is 31.6 Å². The predicted octanol–water partition coefficient (Wildman–Crippen LogP) is 1.12. The second kappa shape index (κ2) is 4.68. The third kappa shape index (κ3) is 1.94. The highest BCUT2D eigenvalue weighted by Gasteiger charge is 2.40. The van der Waals surface area contributed by atoms with E-state index in [1.54, 1.807) is 0 Å². The molecular weight excluding hydrogens is 254 g/mol. The Morgan fingerprint density at radius 3 is 2.90 bits per heavy atom. The lowest BCUT2D eigenvalue weighted by atomic mass is 9.68. The molecule has 1 saturated carbocycles. The van der Waals surface area contributed by atoms with E-state index in [0.29, 0.717) is 17.7 Å². The largest absolute Gasteiger partial charge is 0.342 e. The SMILES string of the molecule is O=C([C@@H]1C[C@@H]2C=C[C@H]1CC2)N1CCC(c2nn[nH]n2)C1. The topological polar surface area (TPSA) is 74.8 Å². The molecule has 1 saturated heterocycles. The van der Waals surface area contributed by atoms with Gasteiger partial charge in [0.2, 0.25) is 5.91 Å². The van der Waals surface area contributed by atoms with Gasteiger partial charge in [0.1, 0.15) is 0 Å². The van der Waals surface area contributed by atoms with Gasteiger partial charge in [-0.25, -0.2) is 0 Å². The summed E-state index contributed by atoms with van der Waals surface area (Å²) in [5, 5.41) is 14.2. The van der Waals surface area contributed by atoms with Crippen LogP contribution in [0, 0.1) is 17.8 Å². The molecule has 5 rings (SSSR count). The van der Waals surface area contributed by atoms with Crippen molar-refractivity contribution in [3.05, 3.63) is 18.0 Å². The first-order valence-electron chi connectivity index (χ1n) is 7.51. The van der Waals surface area contributed by atoms with E-state index in [0.717, 1.165) is 31.8 Å². The minimum absolute atomic E-state index is 0.211. The zero-order chi connectivity index (χ0) is 13.5. The summed E-state index contributed by atoms with van der Waals surface area (Å²) in [7, 11) is 0. The molecule has 4 aliphatic rings. The maximum absolute atomic E-state index is 12.7. The molecule has 20 heavy (non-hydrogen) atoms. The fraction of sp³-hybridized carbons (Fsp3) is 0.714. The van der Waals surface area contributed by atoms with Gasteiger partial charge in [-0.2, -0.15) is 5.21 Å². The molecule has 0 radical (unpaired) electrons. The molecule has 2 fully saturated rings. The number of amides is 1. The molecule has 0 aromatic carbocycles. The molecule has 1 N–H and O–H groups in total. The molecule has 2 heterocycles. The Bertz CT molecular complexity index is 526. The van der Waals surface area contributed by atoms with Crippen molar-refractivity contribution in [2.75, 3.05) is 13.1 Å². The molecule has 6 nitrogen and oxygen atoms in total. The summed E-state index contributed by atoms with van der Waals surface area (Å²) in [5.74, 6) is 2.64. The number of hydrogen-bond donors (Lipinski definition) is 1. The highest BCUT2D eigenvalue weighted by Crippen LogP contribution is 2.41. The van der Waals surface area contributed by atoms with Gasteiger partial charge in [-0.3, -0.25) is 4.79 Å². The lowest BCUT2D eigenvalue weighted by Gasteiger charge is -2.38. The predicted molar refractivity (Wildman–Crippen MR) is 71.6 cm³/mol. The Kier molecular flexibility index (Phi) is 2.82. The fourth-order valence-corrected chi connectivity index (χ4v) is 3.96. The standard InChI is InChI=1S/C14H19N5O/c20-14(12-7-9-1-3-10(12)4-2-9)19-6-5-11(8-19)13-15-17-18-16-13/h1,3,9-12H,2,4-8H2,(H,15,16,17,18)/t9-,10+,11?,12-/m1/s1. The third-order valence-electron chi connectivity index (χ3n) is 5.12. The Morgan fingerprint density at radius 2 is 2.25 bits per heavy atom. The Balaban J connectivity index is 1.44. The first-order chi connectivity index (χ1) is 9.81. The number of likely N-dealkylation sites (tertiary alicyclic amines) is 1. The van der Waals surface area contributed by atoms with E-state index in [2.05, 4.69) is 32.8 Å². The minimum atomic E-state index is 0.211. The molecule has 0 spiro atoms. The Hall–Kier alpha value is -1.72. The van der Waals surface area contributed by atoms with Crippen LogP contribution >= 0.6 is 0 Å². The number of carbonyl (C=O) groups is 1. The molecule has 1 aliphatic heterocycles. The van der Waals surface area contributed by atoms with E-state index in [-0.39, 0.29) is 11.8 Å². The number of tetrazole rings is 1. The lowest BCUT2D eigenvalue weighted by Crippen LogP contribution is -2.41. The maximum atomic E-state index is 12.7. The molecule has 3 aliphatic carbocycles. The number of carbonyl (C=O) groups excluding carboxylic acids is 1. The fourth-order valence-electron chi connectivity index (χ4n) is 3.96. The van der Waals surface area contributed by atoms with Gasteiger partial charge >= 0.3 is 0 Å². The van der Waals surface area contributed by atoms with E-state index in [9.17, 15) is 4.79 Å². The lowest BCUT2D eigenvalue weighted by molar-refractivity contribution is -0.137. The van der Waals surface area contributed by atoms with Gasteiger partial charge < -0.3 is 4.90 Å². The van der Waals surface area contributed by atoms with Gasteiger partial charge in [0, 0.05) is 24.9 Å². The van der Waals surface area contributed by atoms with E-state index in [4.69, 9.17) is 0 Å². The van der Waals surface area contributed by atoms with Crippen LogP contribution in [-0.4, -0.2) is 44.5 Å². The average molecular weight is 273 g/mol. The quantitative estimate of drug-likeness (QED) is 0.819. The smallest absolute Gasteiger partial charge is 0.226 e. The third-order valence-corrected chi connectivity index (χ3v) is 5.12. The summed E-state index contributed by atoms with van der Waals surface area (Å²) in [4.78, 5) is 14.7. The summed E-state index contributed by atoms with van der Waals surface area (Å²) in [6, 6.07) is 0. The van der Waals surface area contributed by atoms with Gasteiger partial charge in [-0.1, -0.05) is 17.4 Å². The zero-order valence-electron chi connectivity index (χ0n) is 11.4. The molecule has 1 unspecified atom stereocenters. The first-order valence-corrected chi connectivity index (χ1v) is 7.51. The van der Waals surface area contributed by atoms with Gasteiger partial charge in [0.25, 0.3) is 0 Å². The van der Waals surface area contributed by atoms with Crippen molar-refractivity contribution >= 4 is 5.91 Å². The number of H-pyrrole nitrogens is 1. The number of aromatic nitrogens is 4. The molecule has 1 amide bonds. The molecule has 1 aromatic rings. The Morgan fingerprint density at radius 1 is 1.30 bits per heavy atom. The first kappa shape index (κ1) is 12.1. The highest BCUT2D eigenvalue weighted by atomic mass is 16.2. The second-order valence-corrected chi connectivity index (χ2v) is 6.27. The van der Waals surface area contributed by atoms with E-state index >= 15 is 0 Å². The number of rotatable bonds is 2. The van der Waals surface area contributed by atoms with Crippen LogP contribution in [0.4, 0.5) is 0 Å². The summed E-state index contributed by atoms with van der Waals surface area (Å²) in [5.41, 5.74) is 0. The molecule has 1 aromatic heterocycles. The van der Waals surface area contributed by atoms with Gasteiger partial charge in [-0.05, 0) is 37.5 Å². The van der Waals surface area contributed by atoms with Crippen molar-refractivity contribution in [1.29, 1.82) is 0 Å². The van der Waals surface area contributed by atoms with Crippen molar-refractivity contribution in [2.24, 2.45) is 17.8 Å². The van der Waals surface area contributed by atoms with Gasteiger partial charge in [0.05, 0.1) is 0 Å². The van der Waals surface area contributed by atoms with Crippen LogP contribution in [0.1, 0.15) is 37.4 Å². The van der Waals surface area contributed by atoms with Crippen LogP contribution in [-0.2, 0) is 4.79 Å². The van der Waals surface area contributed by atoms with Crippen LogP contribution < -0.4 is 0 Å². The second-order valence-electron chi connectivity index (χ2n) is 6.27. The highest BCUT2D eigenvalue weighted by molar-refractivity contribution is 5.80. The number of nitrogens with one attached hydrogen (secondary N) is 1. The zero-order valence-corrected chi connectivity index (χ0v) is 11.4. The maximum Gasteiger partial charge on any atom is 0.226 e. The summed E-state index contributed by atoms with van der Waals surface area (Å²) >= 11 is 0. The van der Waals surface area contributed by atoms with Crippen molar-refractivity contribution in [1.82, 2.24) is 25.5 Å². The minimum Gasteiger partial charge on any atom is -0.342 e. The normalized spacial score (nSPS) is 35.7. The number of hydrogen-bond acceptors (Lipinski definition) is 4. The monoisotopic (exact) mass is 273 g/mol. The van der Waals surface area contributed by atoms with Crippen molar-refractivity contribution in [3.8, 4) is 0 Å². The molecule has 6 heteroatoms. The number of allylic oxidation sites excluding steroid dienone is 2. The van der Waals surface area contributed by atoms with Crippen molar-refractivity contribution < 1.29 is 4.79 Å². The van der Waals surface area contributed by atoms with E-state index in [1.165, 1.54) is 12.8 Å². The Labute approximate surface area is 117 Å². The average Bonchev–Trinajstić information content (AvgIpc) is 3.18. The number of fused-ring (bicyclic) bond motifs is 2. The van der Waals surface area contributed by atoms with Crippen LogP contribution in [0.15, 0.2) is 12.2 Å². The van der Waals surface area contributed by atoms with Crippen molar-refractivity contribution in [3.63, 3.8) is 0 Å². The van der Waals surface area contributed by atoms with Crippen LogP contribution in [0.5, 0.6) is 0 Å². The molecule has 106 valence electrons. The van der Waals surface area contributed by atoms with E-state index in [1.807, 2.05) is 4.90 Å². The molecule has 4 atom stereocenters. The summed E-state index contributed by atoms with van der Waals surface area (Å²) < 4.78 is 0. The number of nitrogens with zero attached hydrogens (tertiary/aromatic N) is 4. The number of aromatic amines is 1. The summed E-state index contributed by atoms with van der Waals surface area (Å²) in [6.07, 6.45) is 9.01. The van der Waals surface area contributed by atoms with Gasteiger partial charge in [0.15, 0.2) is 5.82 Å². The molecular formula is C14H19N5O. The van der Waals surface area contributed by atoms with Crippen LogP contribution in [0.2, 0.25) is 0 Å². The van der Waals surface area contributed by atoms with Crippen LogP contribution in [0.25, 0.3) is 0 Å². The molecule has 2 bridgehead atoms. The van der Waals surface area contributed by atoms with Gasteiger partial charge in [-0.15, -0.1) is 10.2 Å².